The molecule has 1 saturated heterocycles. The average Bonchev–Trinajstić information content (AvgIpc) is 2.27. The number of likely N-dealkylation sites (tertiary alicyclic amines) is 1. The fraction of sp³-hybridized carbons (Fsp3) is 0.900. The van der Waals surface area contributed by atoms with Crippen molar-refractivity contribution in [1.82, 2.24) is 4.90 Å². The van der Waals surface area contributed by atoms with Crippen molar-refractivity contribution in [2.24, 2.45) is 11.7 Å². The van der Waals surface area contributed by atoms with Crippen molar-refractivity contribution < 1.29 is 9.53 Å². The molecule has 14 heavy (non-hydrogen) atoms. The predicted octanol–water partition coefficient (Wildman–Crippen LogP) is 0.219. The highest BCUT2D eigenvalue weighted by Gasteiger charge is 2.26. The number of nitrogens with two attached hydrogens (primary N) is 1. The van der Waals surface area contributed by atoms with Gasteiger partial charge in [0.1, 0.15) is 6.04 Å². The molecule has 1 fully saturated rings. The van der Waals surface area contributed by atoms with Crippen LogP contribution in [0.15, 0.2) is 0 Å². The topological polar surface area (TPSA) is 55.6 Å². The van der Waals surface area contributed by atoms with E-state index in [4.69, 9.17) is 10.5 Å². The van der Waals surface area contributed by atoms with E-state index in [0.29, 0.717) is 5.92 Å². The van der Waals surface area contributed by atoms with E-state index >= 15 is 0 Å². The summed E-state index contributed by atoms with van der Waals surface area (Å²) in [4.78, 5) is 13.4. The highest BCUT2D eigenvalue weighted by Crippen LogP contribution is 2.17. The molecule has 4 nitrogen and oxygen atoms in total. The molecule has 1 unspecified atom stereocenters. The number of ether oxygens (including phenoxy) is 1. The summed E-state index contributed by atoms with van der Waals surface area (Å²) in [7, 11) is 1.44. The first-order chi connectivity index (χ1) is 6.69. The Balaban J connectivity index is 2.37. The van der Waals surface area contributed by atoms with Crippen LogP contribution in [-0.2, 0) is 9.53 Å². The number of carbonyl (C=O) groups excluding carboxylic acids is 1. The third kappa shape index (κ3) is 2.69. The SMILES string of the molecule is COC(=O)C(C)N1CCC(CN)CC1. The Morgan fingerprint density at radius 3 is 2.57 bits per heavy atom. The summed E-state index contributed by atoms with van der Waals surface area (Å²) in [5.74, 6) is 0.493. The molecule has 1 rings (SSSR count). The standard InChI is InChI=1S/C10H20N2O2/c1-8(10(13)14-2)12-5-3-9(7-11)4-6-12/h8-9H,3-7,11H2,1-2H3. The maximum absolute atomic E-state index is 11.3. The van der Waals surface area contributed by atoms with Crippen molar-refractivity contribution in [2.75, 3.05) is 26.7 Å². The van der Waals surface area contributed by atoms with Gasteiger partial charge in [-0.15, -0.1) is 0 Å². The van der Waals surface area contributed by atoms with Crippen molar-refractivity contribution >= 4 is 5.97 Å². The number of hydrogen-bond acceptors (Lipinski definition) is 4. The van der Waals surface area contributed by atoms with Crippen LogP contribution in [0.1, 0.15) is 19.8 Å². The number of carbonyl (C=O) groups is 1. The van der Waals surface area contributed by atoms with Crippen LogP contribution >= 0.6 is 0 Å². The molecule has 82 valence electrons. The van der Waals surface area contributed by atoms with Gasteiger partial charge in [0, 0.05) is 0 Å². The van der Waals surface area contributed by atoms with E-state index in [2.05, 4.69) is 4.90 Å². The van der Waals surface area contributed by atoms with Crippen molar-refractivity contribution in [3.63, 3.8) is 0 Å². The predicted molar refractivity (Wildman–Crippen MR) is 54.8 cm³/mol. The molecule has 0 aliphatic carbocycles. The van der Waals surface area contributed by atoms with Gasteiger partial charge < -0.3 is 10.5 Å². The minimum atomic E-state index is -0.142. The molecule has 0 spiro atoms. The number of piperidine rings is 1. The molecular weight excluding hydrogens is 180 g/mol. The number of hydrogen-bond donors (Lipinski definition) is 1. The molecule has 1 heterocycles. The van der Waals surface area contributed by atoms with Crippen molar-refractivity contribution in [3.05, 3.63) is 0 Å². The fourth-order valence-electron chi connectivity index (χ4n) is 1.90. The van der Waals surface area contributed by atoms with E-state index in [0.717, 1.165) is 32.5 Å². The van der Waals surface area contributed by atoms with Gasteiger partial charge in [-0.3, -0.25) is 9.69 Å². The zero-order valence-electron chi connectivity index (χ0n) is 9.03. The molecule has 0 radical (unpaired) electrons. The lowest BCUT2D eigenvalue weighted by Gasteiger charge is -2.34. The molecule has 1 atom stereocenters. The smallest absolute Gasteiger partial charge is 0.322 e. The van der Waals surface area contributed by atoms with Crippen LogP contribution in [0.4, 0.5) is 0 Å². The Hall–Kier alpha value is -0.610. The molecule has 2 N–H and O–H groups in total. The summed E-state index contributed by atoms with van der Waals surface area (Å²) < 4.78 is 4.71. The molecule has 1 aliphatic heterocycles. The molecule has 0 aromatic rings. The van der Waals surface area contributed by atoms with E-state index in [9.17, 15) is 4.79 Å². The van der Waals surface area contributed by atoms with Gasteiger partial charge in [0.05, 0.1) is 7.11 Å². The molecule has 0 aromatic heterocycles. The molecule has 1 aliphatic rings. The molecular formula is C10H20N2O2. The van der Waals surface area contributed by atoms with Gasteiger partial charge in [0.25, 0.3) is 0 Å². The van der Waals surface area contributed by atoms with Gasteiger partial charge in [0.2, 0.25) is 0 Å². The van der Waals surface area contributed by atoms with Crippen molar-refractivity contribution in [2.45, 2.75) is 25.8 Å². The van der Waals surface area contributed by atoms with Crippen LogP contribution in [0.3, 0.4) is 0 Å². The molecule has 0 saturated carbocycles. The summed E-state index contributed by atoms with van der Waals surface area (Å²) in [6.07, 6.45) is 2.19. The van der Waals surface area contributed by atoms with E-state index in [1.807, 2.05) is 6.92 Å². The Labute approximate surface area is 85.4 Å². The van der Waals surface area contributed by atoms with Crippen LogP contribution in [0.2, 0.25) is 0 Å². The molecule has 4 heteroatoms. The average molecular weight is 200 g/mol. The lowest BCUT2D eigenvalue weighted by molar-refractivity contribution is -0.146. The van der Waals surface area contributed by atoms with Gasteiger partial charge in [-0.2, -0.15) is 0 Å². The summed E-state index contributed by atoms with van der Waals surface area (Å²) in [6.45, 7) is 4.57. The monoisotopic (exact) mass is 200 g/mol. The summed E-state index contributed by atoms with van der Waals surface area (Å²) in [6, 6.07) is -0.112. The second kappa shape index (κ2) is 5.32. The third-order valence-corrected chi connectivity index (χ3v) is 3.07. The van der Waals surface area contributed by atoms with Crippen LogP contribution in [0.5, 0.6) is 0 Å². The van der Waals surface area contributed by atoms with Gasteiger partial charge >= 0.3 is 5.97 Å². The minimum absolute atomic E-state index is 0.112. The second-order valence-corrected chi connectivity index (χ2v) is 3.91. The number of rotatable bonds is 3. The van der Waals surface area contributed by atoms with Crippen LogP contribution in [-0.4, -0.2) is 43.7 Å². The summed E-state index contributed by atoms with van der Waals surface area (Å²) in [5, 5.41) is 0. The Kier molecular flexibility index (Phi) is 4.35. The van der Waals surface area contributed by atoms with E-state index in [1.165, 1.54) is 7.11 Å². The minimum Gasteiger partial charge on any atom is -0.468 e. The maximum Gasteiger partial charge on any atom is 0.322 e. The molecule has 0 bridgehead atoms. The van der Waals surface area contributed by atoms with E-state index in [-0.39, 0.29) is 12.0 Å². The summed E-state index contributed by atoms with van der Waals surface area (Å²) in [5.41, 5.74) is 5.60. The highest BCUT2D eigenvalue weighted by molar-refractivity contribution is 5.75. The van der Waals surface area contributed by atoms with E-state index < -0.39 is 0 Å². The Morgan fingerprint density at radius 1 is 1.57 bits per heavy atom. The third-order valence-electron chi connectivity index (χ3n) is 3.07. The number of nitrogens with zero attached hydrogens (tertiary/aromatic N) is 1. The zero-order chi connectivity index (χ0) is 10.6. The fourth-order valence-corrected chi connectivity index (χ4v) is 1.90. The first-order valence-corrected chi connectivity index (χ1v) is 5.21. The quantitative estimate of drug-likeness (QED) is 0.662. The van der Waals surface area contributed by atoms with Crippen molar-refractivity contribution in [3.8, 4) is 0 Å². The first-order valence-electron chi connectivity index (χ1n) is 5.21. The lowest BCUT2D eigenvalue weighted by Crippen LogP contribution is -2.45. The van der Waals surface area contributed by atoms with Gasteiger partial charge in [0.15, 0.2) is 0 Å². The van der Waals surface area contributed by atoms with Gasteiger partial charge in [-0.25, -0.2) is 0 Å². The second-order valence-electron chi connectivity index (χ2n) is 3.91. The Morgan fingerprint density at radius 2 is 2.14 bits per heavy atom. The molecule has 0 aromatic carbocycles. The first kappa shape index (κ1) is 11.5. The van der Waals surface area contributed by atoms with Crippen LogP contribution in [0, 0.1) is 5.92 Å². The maximum atomic E-state index is 11.3. The van der Waals surface area contributed by atoms with E-state index in [1.54, 1.807) is 0 Å². The largest absolute Gasteiger partial charge is 0.468 e. The van der Waals surface area contributed by atoms with Crippen LogP contribution < -0.4 is 5.73 Å². The lowest BCUT2D eigenvalue weighted by atomic mass is 9.96. The van der Waals surface area contributed by atoms with Crippen LogP contribution in [0.25, 0.3) is 0 Å². The number of esters is 1. The Bertz CT molecular complexity index is 189. The summed E-state index contributed by atoms with van der Waals surface area (Å²) >= 11 is 0. The highest BCUT2D eigenvalue weighted by atomic mass is 16.5. The zero-order valence-corrected chi connectivity index (χ0v) is 9.03. The normalized spacial score (nSPS) is 21.9. The number of methoxy groups -OCH3 is 1. The van der Waals surface area contributed by atoms with Gasteiger partial charge in [-0.1, -0.05) is 0 Å². The molecule has 0 amide bonds. The van der Waals surface area contributed by atoms with Gasteiger partial charge in [-0.05, 0) is 45.3 Å². The van der Waals surface area contributed by atoms with Crippen molar-refractivity contribution in [1.29, 1.82) is 0 Å².